The molecule has 1 aromatic carbocycles. The van der Waals surface area contributed by atoms with Crippen molar-refractivity contribution in [2.24, 2.45) is 0 Å². The van der Waals surface area contributed by atoms with Crippen molar-refractivity contribution in [2.75, 3.05) is 7.11 Å². The van der Waals surface area contributed by atoms with Crippen LogP contribution in [-0.2, 0) is 4.74 Å². The molecule has 2 rings (SSSR count). The topological polar surface area (TPSA) is 85.2 Å². The highest BCUT2D eigenvalue weighted by molar-refractivity contribution is 6.60. The number of methoxy groups -OCH3 is 1. The van der Waals surface area contributed by atoms with Gasteiger partial charge in [0.05, 0.1) is 12.7 Å². The molecule has 1 aliphatic rings. The number of alkyl halides is 2. The highest BCUT2D eigenvalue weighted by atomic mass is 19.3. The quantitative estimate of drug-likeness (QED) is 0.549. The van der Waals surface area contributed by atoms with Crippen molar-refractivity contribution in [2.45, 2.75) is 6.29 Å². The molecular weight excluding hydrogens is 253 g/mol. The first-order valence-electron chi connectivity index (χ1n) is 4.72. The van der Waals surface area contributed by atoms with Crippen LogP contribution in [0.5, 0.6) is 11.5 Å². The van der Waals surface area contributed by atoms with Crippen molar-refractivity contribution in [1.29, 1.82) is 0 Å². The number of carbonyl (C=O) groups excluding carboxylic acids is 1. The Hall–Kier alpha value is -1.87. The highest BCUT2D eigenvalue weighted by Crippen LogP contribution is 2.40. The zero-order chi connectivity index (χ0) is 13.5. The molecule has 0 aromatic heterocycles. The van der Waals surface area contributed by atoms with Crippen LogP contribution >= 0.6 is 0 Å². The second-order valence-corrected chi connectivity index (χ2v) is 3.43. The number of fused-ring (bicyclic) bond motifs is 1. The average molecular weight is 260 g/mol. The molecule has 0 spiro atoms. The Balaban J connectivity index is 2.54. The summed E-state index contributed by atoms with van der Waals surface area (Å²) in [5.74, 6) is -1.83. The first-order chi connectivity index (χ1) is 8.34. The maximum Gasteiger partial charge on any atom is 0.586 e. The van der Waals surface area contributed by atoms with Gasteiger partial charge in [-0.3, -0.25) is 0 Å². The van der Waals surface area contributed by atoms with Crippen LogP contribution < -0.4 is 14.9 Å². The Labute approximate surface area is 99.8 Å². The number of halogens is 2. The van der Waals surface area contributed by atoms with E-state index in [4.69, 9.17) is 10.0 Å². The molecule has 6 nitrogen and oxygen atoms in total. The van der Waals surface area contributed by atoms with Crippen LogP contribution in [0.2, 0.25) is 0 Å². The van der Waals surface area contributed by atoms with Gasteiger partial charge < -0.3 is 24.3 Å². The number of ether oxygens (including phenoxy) is 3. The molecule has 96 valence electrons. The van der Waals surface area contributed by atoms with Gasteiger partial charge >= 0.3 is 19.4 Å². The van der Waals surface area contributed by atoms with E-state index in [0.717, 1.165) is 19.2 Å². The van der Waals surface area contributed by atoms with Gasteiger partial charge in [-0.05, 0) is 12.1 Å². The number of benzene rings is 1. The molecule has 18 heavy (non-hydrogen) atoms. The van der Waals surface area contributed by atoms with E-state index in [-0.39, 0.29) is 5.56 Å². The van der Waals surface area contributed by atoms with Crippen LogP contribution in [0.15, 0.2) is 12.1 Å². The standard InChI is InChI=1S/C9H7BF2O6/c1-16-8(13)4-2-5(10(14)15)7-6(3-4)17-9(11,12)18-7/h2-3,14-15H,1H3. The monoisotopic (exact) mass is 260 g/mol. The molecule has 1 heterocycles. The van der Waals surface area contributed by atoms with E-state index in [1.165, 1.54) is 0 Å². The van der Waals surface area contributed by atoms with Crippen LogP contribution in [0.4, 0.5) is 8.78 Å². The van der Waals surface area contributed by atoms with Crippen molar-refractivity contribution in [1.82, 2.24) is 0 Å². The van der Waals surface area contributed by atoms with Crippen LogP contribution in [0, 0.1) is 0 Å². The number of esters is 1. The molecule has 0 saturated heterocycles. The molecule has 0 unspecified atom stereocenters. The fourth-order valence-electron chi connectivity index (χ4n) is 1.50. The van der Waals surface area contributed by atoms with Crippen molar-refractivity contribution in [3.05, 3.63) is 17.7 Å². The molecule has 0 saturated carbocycles. The van der Waals surface area contributed by atoms with Crippen LogP contribution in [0.1, 0.15) is 10.4 Å². The third kappa shape index (κ3) is 2.09. The number of rotatable bonds is 2. The number of carbonyl (C=O) groups is 1. The Morgan fingerprint density at radius 3 is 2.61 bits per heavy atom. The fourth-order valence-corrected chi connectivity index (χ4v) is 1.50. The van der Waals surface area contributed by atoms with Crippen LogP contribution in [-0.4, -0.2) is 36.5 Å². The summed E-state index contributed by atoms with van der Waals surface area (Å²) >= 11 is 0. The summed E-state index contributed by atoms with van der Waals surface area (Å²) in [6.07, 6.45) is -3.92. The summed E-state index contributed by atoms with van der Waals surface area (Å²) in [6, 6.07) is 1.94. The lowest BCUT2D eigenvalue weighted by Gasteiger charge is -2.07. The van der Waals surface area contributed by atoms with E-state index < -0.39 is 36.3 Å². The summed E-state index contributed by atoms with van der Waals surface area (Å²) in [6.45, 7) is 0. The number of hydrogen-bond acceptors (Lipinski definition) is 6. The molecule has 2 N–H and O–H groups in total. The Kier molecular flexibility index (Phi) is 2.87. The molecule has 0 aliphatic carbocycles. The Bertz CT molecular complexity index is 504. The van der Waals surface area contributed by atoms with Gasteiger partial charge in [0.15, 0.2) is 11.5 Å². The normalized spacial score (nSPS) is 15.4. The maximum absolute atomic E-state index is 12.9. The van der Waals surface area contributed by atoms with Crippen molar-refractivity contribution in [3.8, 4) is 11.5 Å². The van der Waals surface area contributed by atoms with Crippen LogP contribution in [0.25, 0.3) is 0 Å². The van der Waals surface area contributed by atoms with E-state index in [1.807, 2.05) is 0 Å². The molecule has 0 amide bonds. The lowest BCUT2D eigenvalue weighted by atomic mass is 9.78. The van der Waals surface area contributed by atoms with E-state index in [0.29, 0.717) is 0 Å². The largest absolute Gasteiger partial charge is 0.586 e. The average Bonchev–Trinajstić information content (AvgIpc) is 2.59. The Morgan fingerprint density at radius 2 is 2.06 bits per heavy atom. The third-order valence-electron chi connectivity index (χ3n) is 2.23. The van der Waals surface area contributed by atoms with E-state index in [2.05, 4.69) is 14.2 Å². The SMILES string of the molecule is COC(=O)c1cc2c(c(B(O)O)c1)OC(F)(F)O2. The van der Waals surface area contributed by atoms with E-state index >= 15 is 0 Å². The summed E-state index contributed by atoms with van der Waals surface area (Å²) in [4.78, 5) is 11.3. The van der Waals surface area contributed by atoms with Gasteiger partial charge in [-0.2, -0.15) is 0 Å². The summed E-state index contributed by atoms with van der Waals surface area (Å²) in [5, 5.41) is 18.1. The lowest BCUT2D eigenvalue weighted by molar-refractivity contribution is -0.286. The third-order valence-corrected chi connectivity index (χ3v) is 2.23. The van der Waals surface area contributed by atoms with Gasteiger partial charge in [0.1, 0.15) is 0 Å². The van der Waals surface area contributed by atoms with E-state index in [1.54, 1.807) is 0 Å². The first kappa shape index (κ1) is 12.6. The molecule has 1 aromatic rings. The van der Waals surface area contributed by atoms with Crippen molar-refractivity contribution >= 4 is 18.6 Å². The van der Waals surface area contributed by atoms with Gasteiger partial charge in [-0.25, -0.2) is 4.79 Å². The molecule has 0 fully saturated rings. The minimum Gasteiger partial charge on any atom is -0.465 e. The molecule has 0 bridgehead atoms. The minimum absolute atomic E-state index is 0.166. The second-order valence-electron chi connectivity index (χ2n) is 3.43. The summed E-state index contributed by atoms with van der Waals surface area (Å²) in [7, 11) is -1.00. The van der Waals surface area contributed by atoms with Gasteiger partial charge in [-0.15, -0.1) is 8.78 Å². The molecule has 0 atom stereocenters. The highest BCUT2D eigenvalue weighted by Gasteiger charge is 2.46. The molecule has 1 aliphatic heterocycles. The first-order valence-corrected chi connectivity index (χ1v) is 4.72. The van der Waals surface area contributed by atoms with Gasteiger partial charge in [-0.1, -0.05) is 0 Å². The van der Waals surface area contributed by atoms with E-state index in [9.17, 15) is 13.6 Å². The summed E-state index contributed by atoms with van der Waals surface area (Å²) in [5.41, 5.74) is -0.578. The van der Waals surface area contributed by atoms with Gasteiger partial charge in [0.25, 0.3) is 0 Å². The predicted molar refractivity (Wildman–Crippen MR) is 53.8 cm³/mol. The minimum atomic E-state index is -3.92. The molecular formula is C9H7BF2O6. The van der Waals surface area contributed by atoms with Gasteiger partial charge in [0, 0.05) is 5.46 Å². The maximum atomic E-state index is 12.9. The van der Waals surface area contributed by atoms with Crippen molar-refractivity contribution < 1.29 is 37.8 Å². The zero-order valence-electron chi connectivity index (χ0n) is 9.02. The summed E-state index contributed by atoms with van der Waals surface area (Å²) < 4.78 is 38.4. The predicted octanol–water partition coefficient (Wildman–Crippen LogP) is -0.525. The zero-order valence-corrected chi connectivity index (χ0v) is 9.02. The lowest BCUT2D eigenvalue weighted by Crippen LogP contribution is -2.33. The smallest absolute Gasteiger partial charge is 0.465 e. The number of hydrogen-bond donors (Lipinski definition) is 2. The van der Waals surface area contributed by atoms with Crippen molar-refractivity contribution in [3.63, 3.8) is 0 Å². The Morgan fingerprint density at radius 1 is 1.39 bits per heavy atom. The fraction of sp³-hybridized carbons (Fsp3) is 0.222. The van der Waals surface area contributed by atoms with Gasteiger partial charge in [0.2, 0.25) is 0 Å². The molecule has 9 heteroatoms. The molecule has 0 radical (unpaired) electrons. The van der Waals surface area contributed by atoms with Crippen LogP contribution in [0.3, 0.4) is 0 Å². The second kappa shape index (κ2) is 4.11.